The molecule has 1 aliphatic carbocycles. The lowest BCUT2D eigenvalue weighted by Crippen LogP contribution is -2.32. The van der Waals surface area contributed by atoms with Gasteiger partial charge in [-0.3, -0.25) is 0 Å². The largest absolute Gasteiger partial charge is 0.314 e. The predicted octanol–water partition coefficient (Wildman–Crippen LogP) is 5.15. The van der Waals surface area contributed by atoms with Gasteiger partial charge in [-0.25, -0.2) is 0 Å². The maximum absolute atomic E-state index is 3.67. The Bertz CT molecular complexity index is 188. The fourth-order valence-electron chi connectivity index (χ4n) is 3.33. The fourth-order valence-corrected chi connectivity index (χ4v) is 3.33. The normalized spacial score (nSPS) is 25.3. The van der Waals surface area contributed by atoms with E-state index in [1.165, 1.54) is 70.8 Å². The molecular formula is C17H35N. The zero-order chi connectivity index (χ0) is 13.2. The van der Waals surface area contributed by atoms with E-state index < -0.39 is 0 Å². The number of hydrogen-bond donors (Lipinski definition) is 1. The van der Waals surface area contributed by atoms with Crippen LogP contribution >= 0.6 is 0 Å². The first kappa shape index (κ1) is 16.0. The second-order valence-electron chi connectivity index (χ2n) is 6.57. The van der Waals surface area contributed by atoms with Crippen molar-refractivity contribution in [2.75, 3.05) is 6.54 Å². The summed E-state index contributed by atoms with van der Waals surface area (Å²) < 4.78 is 0. The first-order valence-corrected chi connectivity index (χ1v) is 8.47. The third-order valence-electron chi connectivity index (χ3n) is 4.53. The molecule has 1 aliphatic rings. The molecule has 0 amide bonds. The van der Waals surface area contributed by atoms with E-state index in [2.05, 4.69) is 26.1 Å². The van der Waals surface area contributed by atoms with Gasteiger partial charge in [0.15, 0.2) is 0 Å². The Labute approximate surface area is 115 Å². The fraction of sp³-hybridized carbons (Fsp3) is 1.00. The maximum Gasteiger partial charge on any atom is 0.00104 e. The molecule has 1 fully saturated rings. The van der Waals surface area contributed by atoms with Crippen molar-refractivity contribution in [3.63, 3.8) is 0 Å². The van der Waals surface area contributed by atoms with Crippen molar-refractivity contribution in [1.82, 2.24) is 5.32 Å². The molecule has 18 heavy (non-hydrogen) atoms. The van der Waals surface area contributed by atoms with Gasteiger partial charge in [-0.1, -0.05) is 78.6 Å². The predicted molar refractivity (Wildman–Crippen MR) is 82.0 cm³/mol. The summed E-state index contributed by atoms with van der Waals surface area (Å²) in [7, 11) is 0. The SMILES string of the molecule is CCCCCCC1CCCCCC1CNC(C)C. The van der Waals surface area contributed by atoms with Gasteiger partial charge in [0.25, 0.3) is 0 Å². The smallest absolute Gasteiger partial charge is 0.00104 e. The van der Waals surface area contributed by atoms with E-state index in [1.54, 1.807) is 0 Å². The van der Waals surface area contributed by atoms with Crippen LogP contribution in [0.25, 0.3) is 0 Å². The number of unbranched alkanes of at least 4 members (excludes halogenated alkanes) is 3. The molecular weight excluding hydrogens is 218 g/mol. The molecule has 2 unspecified atom stereocenters. The van der Waals surface area contributed by atoms with Crippen molar-refractivity contribution in [3.8, 4) is 0 Å². The Morgan fingerprint density at radius 1 is 0.944 bits per heavy atom. The number of rotatable bonds is 8. The number of hydrogen-bond acceptors (Lipinski definition) is 1. The van der Waals surface area contributed by atoms with Crippen molar-refractivity contribution in [3.05, 3.63) is 0 Å². The van der Waals surface area contributed by atoms with Crippen LogP contribution < -0.4 is 5.32 Å². The lowest BCUT2D eigenvalue weighted by atomic mass is 9.83. The highest BCUT2D eigenvalue weighted by molar-refractivity contribution is 4.76. The van der Waals surface area contributed by atoms with Crippen LogP contribution in [-0.2, 0) is 0 Å². The molecule has 0 aliphatic heterocycles. The van der Waals surface area contributed by atoms with E-state index in [0.29, 0.717) is 6.04 Å². The summed E-state index contributed by atoms with van der Waals surface area (Å²) in [4.78, 5) is 0. The summed E-state index contributed by atoms with van der Waals surface area (Å²) >= 11 is 0. The van der Waals surface area contributed by atoms with Crippen molar-refractivity contribution >= 4 is 0 Å². The van der Waals surface area contributed by atoms with Crippen molar-refractivity contribution in [1.29, 1.82) is 0 Å². The molecule has 2 atom stereocenters. The minimum absolute atomic E-state index is 0.647. The molecule has 0 radical (unpaired) electrons. The lowest BCUT2D eigenvalue weighted by Gasteiger charge is -2.26. The van der Waals surface area contributed by atoms with Crippen molar-refractivity contribution in [2.24, 2.45) is 11.8 Å². The first-order valence-electron chi connectivity index (χ1n) is 8.47. The molecule has 1 N–H and O–H groups in total. The monoisotopic (exact) mass is 253 g/mol. The van der Waals surface area contributed by atoms with Crippen LogP contribution in [0.5, 0.6) is 0 Å². The molecule has 0 heterocycles. The summed E-state index contributed by atoms with van der Waals surface area (Å²) in [5, 5.41) is 3.67. The highest BCUT2D eigenvalue weighted by Crippen LogP contribution is 2.32. The second-order valence-corrected chi connectivity index (χ2v) is 6.57. The van der Waals surface area contributed by atoms with E-state index in [1.807, 2.05) is 0 Å². The number of nitrogens with one attached hydrogen (secondary N) is 1. The van der Waals surface area contributed by atoms with Gasteiger partial charge in [0, 0.05) is 6.04 Å². The average Bonchev–Trinajstić information content (AvgIpc) is 2.57. The van der Waals surface area contributed by atoms with Gasteiger partial charge >= 0.3 is 0 Å². The average molecular weight is 253 g/mol. The van der Waals surface area contributed by atoms with Crippen molar-refractivity contribution in [2.45, 2.75) is 91.0 Å². The van der Waals surface area contributed by atoms with E-state index in [4.69, 9.17) is 0 Å². The second kappa shape index (κ2) is 9.83. The highest BCUT2D eigenvalue weighted by Gasteiger charge is 2.23. The Kier molecular flexibility index (Phi) is 8.75. The summed E-state index contributed by atoms with van der Waals surface area (Å²) in [6, 6.07) is 0.647. The Morgan fingerprint density at radius 2 is 1.67 bits per heavy atom. The van der Waals surface area contributed by atoms with Crippen LogP contribution in [0.15, 0.2) is 0 Å². The van der Waals surface area contributed by atoms with Crippen LogP contribution in [0.3, 0.4) is 0 Å². The van der Waals surface area contributed by atoms with Gasteiger partial charge in [-0.2, -0.15) is 0 Å². The minimum atomic E-state index is 0.647. The lowest BCUT2D eigenvalue weighted by molar-refractivity contribution is 0.270. The van der Waals surface area contributed by atoms with Crippen LogP contribution in [0, 0.1) is 11.8 Å². The van der Waals surface area contributed by atoms with E-state index in [-0.39, 0.29) is 0 Å². The molecule has 1 nitrogen and oxygen atoms in total. The Hall–Kier alpha value is -0.0400. The summed E-state index contributed by atoms with van der Waals surface area (Å²) in [5.41, 5.74) is 0. The van der Waals surface area contributed by atoms with Gasteiger partial charge in [-0.05, 0) is 24.8 Å². The highest BCUT2D eigenvalue weighted by atomic mass is 14.9. The van der Waals surface area contributed by atoms with Gasteiger partial charge in [0.1, 0.15) is 0 Å². The molecule has 0 aromatic carbocycles. The van der Waals surface area contributed by atoms with Crippen LogP contribution in [0.4, 0.5) is 0 Å². The van der Waals surface area contributed by atoms with Crippen molar-refractivity contribution < 1.29 is 0 Å². The summed E-state index contributed by atoms with van der Waals surface area (Å²) in [5.74, 6) is 1.96. The molecule has 0 spiro atoms. The van der Waals surface area contributed by atoms with Gasteiger partial charge in [-0.15, -0.1) is 0 Å². The van der Waals surface area contributed by atoms with Crippen LogP contribution in [0.2, 0.25) is 0 Å². The molecule has 1 heteroatoms. The van der Waals surface area contributed by atoms with Crippen LogP contribution in [-0.4, -0.2) is 12.6 Å². The molecule has 0 aromatic heterocycles. The topological polar surface area (TPSA) is 12.0 Å². The summed E-state index contributed by atoms with van der Waals surface area (Å²) in [6.45, 7) is 8.11. The maximum atomic E-state index is 3.67. The molecule has 1 rings (SSSR count). The van der Waals surface area contributed by atoms with Gasteiger partial charge in [0.2, 0.25) is 0 Å². The van der Waals surface area contributed by atoms with Gasteiger partial charge in [0.05, 0.1) is 0 Å². The minimum Gasteiger partial charge on any atom is -0.314 e. The van der Waals surface area contributed by atoms with E-state index in [9.17, 15) is 0 Å². The van der Waals surface area contributed by atoms with E-state index in [0.717, 1.165) is 11.8 Å². The Balaban J connectivity index is 2.31. The third-order valence-corrected chi connectivity index (χ3v) is 4.53. The third kappa shape index (κ3) is 6.78. The van der Waals surface area contributed by atoms with Crippen LogP contribution in [0.1, 0.15) is 85.0 Å². The molecule has 1 saturated carbocycles. The molecule has 0 aromatic rings. The quantitative estimate of drug-likeness (QED) is 0.466. The Morgan fingerprint density at radius 3 is 2.33 bits per heavy atom. The molecule has 0 saturated heterocycles. The van der Waals surface area contributed by atoms with E-state index >= 15 is 0 Å². The molecule has 108 valence electrons. The summed E-state index contributed by atoms with van der Waals surface area (Å²) in [6.07, 6.45) is 14.6. The zero-order valence-electron chi connectivity index (χ0n) is 13.0. The first-order chi connectivity index (χ1) is 8.74. The molecule has 0 bridgehead atoms. The standard InChI is InChI=1S/C17H35N/c1-4-5-6-8-11-16-12-9-7-10-13-17(16)14-18-15(2)3/h15-18H,4-14H2,1-3H3. The van der Waals surface area contributed by atoms with Gasteiger partial charge < -0.3 is 5.32 Å². The zero-order valence-corrected chi connectivity index (χ0v) is 13.0.